The van der Waals surface area contributed by atoms with Gasteiger partial charge in [-0.1, -0.05) is 28.9 Å². The largest absolute Gasteiger partial charge is 0.455 e. The third-order valence-electron chi connectivity index (χ3n) is 2.67. The van der Waals surface area contributed by atoms with Crippen molar-refractivity contribution in [2.45, 2.75) is 11.8 Å². The summed E-state index contributed by atoms with van der Waals surface area (Å²) in [7, 11) is 0. The van der Waals surface area contributed by atoms with E-state index in [0.717, 1.165) is 19.6 Å². The van der Waals surface area contributed by atoms with Crippen LogP contribution >= 0.6 is 43.6 Å². The molecule has 0 aliphatic rings. The van der Waals surface area contributed by atoms with E-state index in [2.05, 4.69) is 38.8 Å². The number of halogens is 2. The lowest BCUT2D eigenvalue weighted by molar-refractivity contribution is 0.477. The van der Waals surface area contributed by atoms with Crippen molar-refractivity contribution in [1.82, 2.24) is 0 Å². The Labute approximate surface area is 145 Å². The highest BCUT2D eigenvalue weighted by Gasteiger charge is 2.14. The molecule has 0 saturated carbocycles. The SMILES string of the molecule is CCSc1cccc(Oc2ccc(Br)cc2Br)c1C(=N)N. The predicted molar refractivity (Wildman–Crippen MR) is 95.8 cm³/mol. The number of amidine groups is 1. The molecule has 2 aromatic carbocycles. The molecule has 6 heteroatoms. The standard InChI is InChI=1S/C15H14Br2N2OS/c1-2-21-13-5-3-4-12(14(13)15(18)19)20-11-7-6-9(16)8-10(11)17/h3-8H,2H2,1H3,(H3,18,19). The Morgan fingerprint density at radius 2 is 2.00 bits per heavy atom. The van der Waals surface area contributed by atoms with Crippen LogP contribution in [0.15, 0.2) is 50.2 Å². The van der Waals surface area contributed by atoms with Crippen LogP contribution in [0, 0.1) is 5.41 Å². The van der Waals surface area contributed by atoms with Crippen LogP contribution in [0.2, 0.25) is 0 Å². The summed E-state index contributed by atoms with van der Waals surface area (Å²) in [6.07, 6.45) is 0. The van der Waals surface area contributed by atoms with Gasteiger partial charge in [0.05, 0.1) is 10.0 Å². The van der Waals surface area contributed by atoms with Gasteiger partial charge in [0.2, 0.25) is 0 Å². The maximum absolute atomic E-state index is 7.81. The van der Waals surface area contributed by atoms with Crippen LogP contribution in [0.25, 0.3) is 0 Å². The number of hydrogen-bond donors (Lipinski definition) is 2. The zero-order valence-electron chi connectivity index (χ0n) is 11.3. The quantitative estimate of drug-likeness (QED) is 0.380. The minimum atomic E-state index is 0.00906. The molecule has 0 aromatic heterocycles. The monoisotopic (exact) mass is 428 g/mol. The topological polar surface area (TPSA) is 59.1 Å². The van der Waals surface area contributed by atoms with E-state index < -0.39 is 0 Å². The zero-order chi connectivity index (χ0) is 15.4. The molecule has 0 aliphatic carbocycles. The van der Waals surface area contributed by atoms with Crippen molar-refractivity contribution in [3.63, 3.8) is 0 Å². The van der Waals surface area contributed by atoms with Crippen LogP contribution in [0.3, 0.4) is 0 Å². The van der Waals surface area contributed by atoms with Gasteiger partial charge in [-0.25, -0.2) is 0 Å². The van der Waals surface area contributed by atoms with Gasteiger partial charge in [0.25, 0.3) is 0 Å². The molecule has 0 saturated heterocycles. The second kappa shape index (κ2) is 7.33. The second-order valence-corrected chi connectivity index (χ2v) is 7.23. The van der Waals surface area contributed by atoms with Crippen molar-refractivity contribution in [3.8, 4) is 11.5 Å². The Morgan fingerprint density at radius 3 is 2.62 bits per heavy atom. The highest BCUT2D eigenvalue weighted by molar-refractivity contribution is 9.11. The minimum Gasteiger partial charge on any atom is -0.455 e. The van der Waals surface area contributed by atoms with Crippen molar-refractivity contribution in [3.05, 3.63) is 50.9 Å². The van der Waals surface area contributed by atoms with E-state index in [0.29, 0.717) is 17.1 Å². The van der Waals surface area contributed by atoms with E-state index >= 15 is 0 Å². The normalized spacial score (nSPS) is 10.4. The lowest BCUT2D eigenvalue weighted by atomic mass is 10.2. The van der Waals surface area contributed by atoms with Gasteiger partial charge in [-0.15, -0.1) is 11.8 Å². The zero-order valence-corrected chi connectivity index (χ0v) is 15.3. The first-order valence-electron chi connectivity index (χ1n) is 6.26. The molecular formula is C15H14Br2N2OS. The van der Waals surface area contributed by atoms with Gasteiger partial charge >= 0.3 is 0 Å². The fraction of sp³-hybridized carbons (Fsp3) is 0.133. The van der Waals surface area contributed by atoms with Crippen LogP contribution in [-0.4, -0.2) is 11.6 Å². The molecule has 0 fully saturated rings. The van der Waals surface area contributed by atoms with Gasteiger partial charge in [-0.2, -0.15) is 0 Å². The molecule has 110 valence electrons. The smallest absolute Gasteiger partial charge is 0.141 e. The molecule has 3 N–H and O–H groups in total. The van der Waals surface area contributed by atoms with Crippen molar-refractivity contribution in [1.29, 1.82) is 5.41 Å². The number of nitrogen functional groups attached to an aromatic ring is 1. The molecule has 0 radical (unpaired) electrons. The lowest BCUT2D eigenvalue weighted by Crippen LogP contribution is -2.13. The van der Waals surface area contributed by atoms with Gasteiger partial charge in [-0.05, 0) is 52.0 Å². The summed E-state index contributed by atoms with van der Waals surface area (Å²) in [5.74, 6) is 2.18. The molecule has 0 spiro atoms. The summed E-state index contributed by atoms with van der Waals surface area (Å²) in [6.45, 7) is 2.06. The van der Waals surface area contributed by atoms with Crippen molar-refractivity contribution in [2.75, 3.05) is 5.75 Å². The molecule has 0 unspecified atom stereocenters. The van der Waals surface area contributed by atoms with E-state index in [1.807, 2.05) is 36.4 Å². The molecule has 0 aliphatic heterocycles. The second-order valence-electron chi connectivity index (χ2n) is 4.15. The molecule has 0 heterocycles. The highest BCUT2D eigenvalue weighted by atomic mass is 79.9. The van der Waals surface area contributed by atoms with Crippen LogP contribution in [0.1, 0.15) is 12.5 Å². The lowest BCUT2D eigenvalue weighted by Gasteiger charge is -2.14. The number of nitrogens with one attached hydrogen (secondary N) is 1. The summed E-state index contributed by atoms with van der Waals surface area (Å²) >= 11 is 8.52. The molecule has 0 bridgehead atoms. The summed E-state index contributed by atoms with van der Waals surface area (Å²) < 4.78 is 7.74. The number of nitrogens with two attached hydrogens (primary N) is 1. The molecule has 0 amide bonds. The van der Waals surface area contributed by atoms with E-state index in [-0.39, 0.29) is 5.84 Å². The van der Waals surface area contributed by atoms with Crippen molar-refractivity contribution >= 4 is 49.5 Å². The average molecular weight is 430 g/mol. The van der Waals surface area contributed by atoms with Gasteiger partial charge < -0.3 is 10.5 Å². The van der Waals surface area contributed by atoms with Gasteiger partial charge in [0.1, 0.15) is 17.3 Å². The van der Waals surface area contributed by atoms with Crippen LogP contribution < -0.4 is 10.5 Å². The van der Waals surface area contributed by atoms with Crippen molar-refractivity contribution < 1.29 is 4.74 Å². The first kappa shape index (κ1) is 16.4. The first-order valence-corrected chi connectivity index (χ1v) is 8.83. The van der Waals surface area contributed by atoms with Gasteiger partial charge in [-0.3, -0.25) is 5.41 Å². The molecule has 21 heavy (non-hydrogen) atoms. The summed E-state index contributed by atoms with van der Waals surface area (Å²) in [6, 6.07) is 11.4. The summed E-state index contributed by atoms with van der Waals surface area (Å²) in [5, 5.41) is 7.81. The molecule has 2 rings (SSSR count). The molecule has 3 nitrogen and oxygen atoms in total. The van der Waals surface area contributed by atoms with E-state index in [1.54, 1.807) is 11.8 Å². The minimum absolute atomic E-state index is 0.00906. The highest BCUT2D eigenvalue weighted by Crippen LogP contribution is 2.36. The number of ether oxygens (including phenoxy) is 1. The van der Waals surface area contributed by atoms with E-state index in [1.165, 1.54) is 0 Å². The predicted octanol–water partition coefficient (Wildman–Crippen LogP) is 5.40. The number of thioether (sulfide) groups is 1. The Morgan fingerprint density at radius 1 is 1.24 bits per heavy atom. The fourth-order valence-electron chi connectivity index (χ4n) is 1.81. The number of hydrogen-bond acceptors (Lipinski definition) is 3. The van der Waals surface area contributed by atoms with Crippen LogP contribution in [0.4, 0.5) is 0 Å². The number of benzene rings is 2. The van der Waals surface area contributed by atoms with Crippen molar-refractivity contribution in [2.24, 2.45) is 5.73 Å². The Hall–Kier alpha value is -0.980. The fourth-order valence-corrected chi connectivity index (χ4v) is 3.78. The first-order chi connectivity index (χ1) is 10.0. The van der Waals surface area contributed by atoms with Crippen LogP contribution in [0.5, 0.6) is 11.5 Å². The summed E-state index contributed by atoms with van der Waals surface area (Å²) in [4.78, 5) is 0.954. The molecule has 0 atom stereocenters. The van der Waals surface area contributed by atoms with Gasteiger partial charge in [0.15, 0.2) is 0 Å². The van der Waals surface area contributed by atoms with E-state index in [4.69, 9.17) is 15.9 Å². The third-order valence-corrected chi connectivity index (χ3v) is 4.72. The maximum atomic E-state index is 7.81. The average Bonchev–Trinajstić information content (AvgIpc) is 2.42. The molecular weight excluding hydrogens is 416 g/mol. The Bertz CT molecular complexity index is 677. The molecule has 2 aromatic rings. The number of rotatable bonds is 5. The Balaban J connectivity index is 2.43. The van der Waals surface area contributed by atoms with E-state index in [9.17, 15) is 0 Å². The van der Waals surface area contributed by atoms with Crippen LogP contribution in [-0.2, 0) is 0 Å². The maximum Gasteiger partial charge on any atom is 0.141 e. The Kier molecular flexibility index (Phi) is 5.72. The van der Waals surface area contributed by atoms with Gasteiger partial charge in [0, 0.05) is 9.37 Å². The summed E-state index contributed by atoms with van der Waals surface area (Å²) in [5.41, 5.74) is 6.37. The third kappa shape index (κ3) is 4.02.